The first-order valence-electron chi connectivity index (χ1n) is 7.21. The van der Waals surface area contributed by atoms with Gasteiger partial charge in [0.25, 0.3) is 0 Å². The summed E-state index contributed by atoms with van der Waals surface area (Å²) in [5.41, 5.74) is 3.85. The summed E-state index contributed by atoms with van der Waals surface area (Å²) in [5, 5.41) is 1.24. The van der Waals surface area contributed by atoms with Crippen LogP contribution in [0.3, 0.4) is 0 Å². The smallest absolute Gasteiger partial charge is 0.147 e. The van der Waals surface area contributed by atoms with E-state index in [0.29, 0.717) is 6.54 Å². The molecule has 1 aromatic heterocycles. The quantitative estimate of drug-likeness (QED) is 0.857. The molecular weight excluding hydrogens is 264 g/mol. The van der Waals surface area contributed by atoms with Crippen LogP contribution >= 0.6 is 0 Å². The number of H-pyrrole nitrogens is 1. The molecule has 4 rings (SSSR count). The van der Waals surface area contributed by atoms with Gasteiger partial charge in [-0.1, -0.05) is 12.1 Å². The van der Waals surface area contributed by atoms with Crippen molar-refractivity contribution in [3.05, 3.63) is 47.2 Å². The van der Waals surface area contributed by atoms with Crippen LogP contribution in [0.5, 0.6) is 0 Å². The Balaban J connectivity index is 2.06. The molecule has 2 aliphatic rings. The first-order valence-corrected chi connectivity index (χ1v) is 7.21. The number of benzene rings is 1. The maximum atomic E-state index is 11.3. The van der Waals surface area contributed by atoms with Gasteiger partial charge in [-0.2, -0.15) is 0 Å². The van der Waals surface area contributed by atoms with Crippen LogP contribution in [0, 0.1) is 0 Å². The number of hydrogen-bond donors (Lipinski definition) is 1. The predicted molar refractivity (Wildman–Crippen MR) is 81.3 cm³/mol. The first kappa shape index (κ1) is 12.8. The van der Waals surface area contributed by atoms with Crippen LogP contribution < -0.4 is 0 Å². The zero-order valence-corrected chi connectivity index (χ0v) is 12.2. The molecule has 1 aromatic carbocycles. The SMILES string of the molecule is CO[C@]12C=C(C=O)CN(C)[C@@H]1Cc1c[nH]c3cccc2c13. The molecule has 0 unspecified atom stereocenters. The molecule has 0 amide bonds. The van der Waals surface area contributed by atoms with Gasteiger partial charge in [-0.25, -0.2) is 0 Å². The van der Waals surface area contributed by atoms with Gasteiger partial charge in [0.15, 0.2) is 0 Å². The summed E-state index contributed by atoms with van der Waals surface area (Å²) in [6.45, 7) is 0.676. The van der Waals surface area contributed by atoms with E-state index in [1.807, 2.05) is 12.1 Å². The summed E-state index contributed by atoms with van der Waals surface area (Å²) >= 11 is 0. The van der Waals surface area contributed by atoms with E-state index < -0.39 is 5.60 Å². The number of hydrogen-bond acceptors (Lipinski definition) is 3. The molecule has 108 valence electrons. The average molecular weight is 282 g/mol. The van der Waals surface area contributed by atoms with Gasteiger partial charge in [0.2, 0.25) is 0 Å². The Hall–Kier alpha value is -1.91. The molecule has 21 heavy (non-hydrogen) atoms. The zero-order valence-electron chi connectivity index (χ0n) is 12.2. The van der Waals surface area contributed by atoms with Crippen molar-refractivity contribution < 1.29 is 9.53 Å². The standard InChI is InChI=1S/C17H18N2O2/c1-19-9-11(10-20)7-17(21-2)13-4-3-5-14-16(13)12(8-18-14)6-15(17)19/h3-5,7-8,10,15,18H,6,9H2,1-2H3/t15-,17+/m1/s1. The van der Waals surface area contributed by atoms with Crippen molar-refractivity contribution in [1.29, 1.82) is 0 Å². The van der Waals surface area contributed by atoms with Gasteiger partial charge in [0, 0.05) is 36.3 Å². The second kappa shape index (κ2) is 4.29. The maximum Gasteiger partial charge on any atom is 0.147 e. The van der Waals surface area contributed by atoms with Crippen molar-refractivity contribution in [3.63, 3.8) is 0 Å². The summed E-state index contributed by atoms with van der Waals surface area (Å²) in [5.74, 6) is 0. The Morgan fingerprint density at radius 2 is 2.33 bits per heavy atom. The first-order chi connectivity index (χ1) is 10.2. The van der Waals surface area contributed by atoms with E-state index in [4.69, 9.17) is 4.74 Å². The third-order valence-corrected chi connectivity index (χ3v) is 4.97. The number of methoxy groups -OCH3 is 1. The fraction of sp³-hybridized carbons (Fsp3) is 0.353. The molecule has 1 aliphatic carbocycles. The monoisotopic (exact) mass is 282 g/mol. The van der Waals surface area contributed by atoms with Crippen LogP contribution in [0.1, 0.15) is 11.1 Å². The number of aldehydes is 1. The second-order valence-corrected chi connectivity index (χ2v) is 6.01. The number of rotatable bonds is 2. The molecule has 0 saturated heterocycles. The van der Waals surface area contributed by atoms with E-state index in [2.05, 4.69) is 35.3 Å². The number of carbonyl (C=O) groups excluding carboxylic acids is 1. The fourth-order valence-corrected chi connectivity index (χ4v) is 4.03. The van der Waals surface area contributed by atoms with Gasteiger partial charge in [-0.3, -0.25) is 9.69 Å². The van der Waals surface area contributed by atoms with E-state index in [9.17, 15) is 4.79 Å². The molecule has 0 fully saturated rings. The lowest BCUT2D eigenvalue weighted by Gasteiger charge is -2.48. The summed E-state index contributed by atoms with van der Waals surface area (Å²) in [7, 11) is 3.80. The summed E-state index contributed by atoms with van der Waals surface area (Å²) < 4.78 is 6.01. The summed E-state index contributed by atoms with van der Waals surface area (Å²) in [6, 6.07) is 6.46. The highest BCUT2D eigenvalue weighted by Crippen LogP contribution is 2.46. The summed E-state index contributed by atoms with van der Waals surface area (Å²) in [6.07, 6.45) is 5.99. The van der Waals surface area contributed by atoms with Gasteiger partial charge in [0.1, 0.15) is 11.9 Å². The zero-order chi connectivity index (χ0) is 14.6. The van der Waals surface area contributed by atoms with Crippen molar-refractivity contribution in [2.45, 2.75) is 18.1 Å². The van der Waals surface area contributed by atoms with Gasteiger partial charge in [-0.05, 0) is 36.7 Å². The van der Waals surface area contributed by atoms with Crippen LogP contribution in [0.4, 0.5) is 0 Å². The average Bonchev–Trinajstić information content (AvgIpc) is 2.93. The Labute approximate surface area is 123 Å². The number of aromatic amines is 1. The Kier molecular flexibility index (Phi) is 2.62. The third-order valence-electron chi connectivity index (χ3n) is 4.97. The number of fused-ring (bicyclic) bond motifs is 2. The number of likely N-dealkylation sites (N-methyl/N-ethyl adjacent to an activating group) is 1. The highest BCUT2D eigenvalue weighted by molar-refractivity contribution is 5.89. The van der Waals surface area contributed by atoms with Gasteiger partial charge in [0.05, 0.1) is 6.04 Å². The van der Waals surface area contributed by atoms with Crippen LogP contribution in [0.15, 0.2) is 36.0 Å². The molecule has 1 N–H and O–H groups in total. The Bertz CT molecular complexity index is 761. The number of aromatic nitrogens is 1. The lowest BCUT2D eigenvalue weighted by atomic mass is 9.73. The summed E-state index contributed by atoms with van der Waals surface area (Å²) in [4.78, 5) is 16.9. The molecule has 0 spiro atoms. The molecule has 2 atom stereocenters. The van der Waals surface area contributed by atoms with E-state index in [-0.39, 0.29) is 6.04 Å². The normalized spacial score (nSPS) is 28.3. The largest absolute Gasteiger partial charge is 0.368 e. The molecule has 2 aromatic rings. The van der Waals surface area contributed by atoms with E-state index in [1.165, 1.54) is 10.9 Å². The molecule has 0 radical (unpaired) electrons. The highest BCUT2D eigenvalue weighted by Gasteiger charge is 2.48. The Morgan fingerprint density at radius 3 is 3.10 bits per heavy atom. The van der Waals surface area contributed by atoms with Gasteiger partial charge >= 0.3 is 0 Å². The number of ether oxygens (including phenoxy) is 1. The minimum atomic E-state index is -0.544. The van der Waals surface area contributed by atoms with E-state index >= 15 is 0 Å². The maximum absolute atomic E-state index is 11.3. The third kappa shape index (κ3) is 1.54. The van der Waals surface area contributed by atoms with Gasteiger partial charge < -0.3 is 9.72 Å². The predicted octanol–water partition coefficient (Wildman–Crippen LogP) is 2.00. The number of carbonyl (C=O) groups is 1. The molecule has 0 bridgehead atoms. The Morgan fingerprint density at radius 1 is 1.48 bits per heavy atom. The van der Waals surface area contributed by atoms with Crippen molar-refractivity contribution in [2.24, 2.45) is 0 Å². The topological polar surface area (TPSA) is 45.3 Å². The highest BCUT2D eigenvalue weighted by atomic mass is 16.5. The van der Waals surface area contributed by atoms with Crippen molar-refractivity contribution in [2.75, 3.05) is 20.7 Å². The molecule has 4 nitrogen and oxygen atoms in total. The number of nitrogens with one attached hydrogen (secondary N) is 1. The molecule has 1 aliphatic heterocycles. The van der Waals surface area contributed by atoms with Crippen LogP contribution in [-0.2, 0) is 21.6 Å². The minimum absolute atomic E-state index is 0.208. The van der Waals surface area contributed by atoms with E-state index in [1.54, 1.807) is 7.11 Å². The molecule has 0 saturated carbocycles. The van der Waals surface area contributed by atoms with Crippen molar-refractivity contribution in [3.8, 4) is 0 Å². The fourth-order valence-electron chi connectivity index (χ4n) is 4.03. The molecular formula is C17H18N2O2. The lowest BCUT2D eigenvalue weighted by Crippen LogP contribution is -2.55. The van der Waals surface area contributed by atoms with Crippen LogP contribution in [-0.4, -0.2) is 42.9 Å². The molecule has 2 heterocycles. The van der Waals surface area contributed by atoms with Gasteiger partial charge in [-0.15, -0.1) is 0 Å². The van der Waals surface area contributed by atoms with Crippen LogP contribution in [0.2, 0.25) is 0 Å². The second-order valence-electron chi connectivity index (χ2n) is 6.01. The lowest BCUT2D eigenvalue weighted by molar-refractivity contribution is -0.106. The molecule has 4 heteroatoms. The minimum Gasteiger partial charge on any atom is -0.368 e. The van der Waals surface area contributed by atoms with Crippen molar-refractivity contribution >= 4 is 17.2 Å². The van der Waals surface area contributed by atoms with Crippen molar-refractivity contribution in [1.82, 2.24) is 9.88 Å². The van der Waals surface area contributed by atoms with Crippen LogP contribution in [0.25, 0.3) is 10.9 Å². The number of nitrogens with zero attached hydrogens (tertiary/aromatic N) is 1. The van der Waals surface area contributed by atoms with E-state index in [0.717, 1.165) is 29.4 Å².